The van der Waals surface area contributed by atoms with Crippen LogP contribution in [-0.4, -0.2) is 34.2 Å². The Morgan fingerprint density at radius 2 is 1.93 bits per heavy atom. The van der Waals surface area contributed by atoms with E-state index in [2.05, 4.69) is 15.5 Å². The minimum atomic E-state index is -0.329. The maximum atomic E-state index is 13.1. The number of rotatable bonds is 3. The molecule has 0 spiro atoms. The molecule has 0 saturated carbocycles. The van der Waals surface area contributed by atoms with Crippen LogP contribution in [0.3, 0.4) is 0 Å². The van der Waals surface area contributed by atoms with Crippen LogP contribution < -0.4 is 5.32 Å². The minimum Gasteiger partial charge on any atom is -0.420 e. The van der Waals surface area contributed by atoms with Crippen molar-refractivity contribution in [3.63, 3.8) is 0 Å². The predicted octanol–water partition coefficient (Wildman–Crippen LogP) is 5.59. The van der Waals surface area contributed by atoms with E-state index in [4.69, 9.17) is 27.6 Å². The fraction of sp³-hybridized carbons (Fsp3) is 0.250. The van der Waals surface area contributed by atoms with Gasteiger partial charge in [0, 0.05) is 24.3 Å². The van der Waals surface area contributed by atoms with Crippen LogP contribution in [0.4, 0.5) is 14.9 Å². The summed E-state index contributed by atoms with van der Waals surface area (Å²) in [5.74, 6) is 0.406. The number of hydrogen-bond acceptors (Lipinski definition) is 4. The fourth-order valence-electron chi connectivity index (χ4n) is 3.25. The van der Waals surface area contributed by atoms with Crippen molar-refractivity contribution in [3.05, 3.63) is 64.2 Å². The first-order valence-corrected chi connectivity index (χ1v) is 9.85. The maximum absolute atomic E-state index is 13.1. The second-order valence-electron chi connectivity index (χ2n) is 6.80. The Balaban J connectivity index is 1.43. The van der Waals surface area contributed by atoms with Crippen LogP contribution in [0.25, 0.3) is 11.5 Å². The number of anilines is 1. The molecule has 1 aliphatic heterocycles. The van der Waals surface area contributed by atoms with Gasteiger partial charge >= 0.3 is 6.03 Å². The van der Waals surface area contributed by atoms with Crippen molar-refractivity contribution >= 4 is 34.9 Å². The second-order valence-corrected chi connectivity index (χ2v) is 7.61. The molecule has 1 aliphatic rings. The molecular weight excluding hydrogens is 418 g/mol. The van der Waals surface area contributed by atoms with Gasteiger partial charge in [-0.2, -0.15) is 0 Å². The third kappa shape index (κ3) is 4.52. The van der Waals surface area contributed by atoms with Crippen LogP contribution >= 0.6 is 23.2 Å². The van der Waals surface area contributed by atoms with E-state index in [0.29, 0.717) is 46.2 Å². The van der Waals surface area contributed by atoms with Gasteiger partial charge in [0.15, 0.2) is 0 Å². The van der Waals surface area contributed by atoms with Crippen molar-refractivity contribution in [2.45, 2.75) is 18.8 Å². The highest BCUT2D eigenvalue weighted by Crippen LogP contribution is 2.29. The Bertz CT molecular complexity index is 1030. The third-order valence-electron chi connectivity index (χ3n) is 4.76. The van der Waals surface area contributed by atoms with Gasteiger partial charge in [-0.3, -0.25) is 0 Å². The molecule has 2 heterocycles. The summed E-state index contributed by atoms with van der Waals surface area (Å²) in [5, 5.41) is 11.8. The van der Waals surface area contributed by atoms with Crippen LogP contribution in [0.5, 0.6) is 0 Å². The summed E-state index contributed by atoms with van der Waals surface area (Å²) in [6, 6.07) is 10.6. The molecule has 1 aromatic heterocycles. The van der Waals surface area contributed by atoms with Gasteiger partial charge in [0.1, 0.15) is 5.82 Å². The molecule has 1 atom stereocenters. The Kier molecular flexibility index (Phi) is 5.69. The zero-order chi connectivity index (χ0) is 20.4. The smallest absolute Gasteiger partial charge is 0.321 e. The van der Waals surface area contributed by atoms with Gasteiger partial charge < -0.3 is 14.6 Å². The number of nitrogens with zero attached hydrogens (tertiary/aromatic N) is 3. The number of halogens is 3. The number of benzene rings is 2. The molecule has 0 radical (unpaired) electrons. The van der Waals surface area contributed by atoms with Crippen LogP contribution in [-0.2, 0) is 0 Å². The van der Waals surface area contributed by atoms with Crippen LogP contribution in [0.1, 0.15) is 24.7 Å². The summed E-state index contributed by atoms with van der Waals surface area (Å²) < 4.78 is 18.9. The monoisotopic (exact) mass is 434 g/mol. The van der Waals surface area contributed by atoms with Crippen LogP contribution in [0, 0.1) is 5.82 Å². The van der Waals surface area contributed by atoms with Gasteiger partial charge in [0.05, 0.1) is 16.0 Å². The molecule has 150 valence electrons. The first-order valence-electron chi connectivity index (χ1n) is 9.10. The number of hydrogen-bond donors (Lipinski definition) is 1. The first kappa shape index (κ1) is 19.7. The normalized spacial score (nSPS) is 16.7. The van der Waals surface area contributed by atoms with Gasteiger partial charge in [-0.15, -0.1) is 10.2 Å². The molecule has 1 saturated heterocycles. The number of likely N-dealkylation sites (tertiary alicyclic amines) is 1. The highest BCUT2D eigenvalue weighted by molar-refractivity contribution is 6.42. The Labute approximate surface area is 176 Å². The first-order chi connectivity index (χ1) is 14.0. The minimum absolute atomic E-state index is 0.0648. The standard InChI is InChI=1S/C20H17Cl2FN4O2/c21-16-8-7-15(10-17(16)22)24-20(28)27-9-1-2-13(11-27)19-26-25-18(29-19)12-3-5-14(23)6-4-12/h3-8,10,13H,1-2,9,11H2,(H,24,28). The lowest BCUT2D eigenvalue weighted by molar-refractivity contribution is 0.187. The van der Waals surface area contributed by atoms with Gasteiger partial charge in [-0.05, 0) is 55.3 Å². The number of piperidine rings is 1. The molecule has 29 heavy (non-hydrogen) atoms. The van der Waals surface area contributed by atoms with E-state index in [1.165, 1.54) is 12.1 Å². The van der Waals surface area contributed by atoms with E-state index in [1.54, 1.807) is 35.2 Å². The topological polar surface area (TPSA) is 71.3 Å². The zero-order valence-corrected chi connectivity index (χ0v) is 16.8. The van der Waals surface area contributed by atoms with Crippen molar-refractivity contribution < 1.29 is 13.6 Å². The van der Waals surface area contributed by atoms with E-state index >= 15 is 0 Å². The summed E-state index contributed by atoms with van der Waals surface area (Å²) in [5.41, 5.74) is 1.22. The molecule has 0 aliphatic carbocycles. The Morgan fingerprint density at radius 1 is 1.14 bits per heavy atom. The SMILES string of the molecule is O=C(Nc1ccc(Cl)c(Cl)c1)N1CCCC(c2nnc(-c3ccc(F)cc3)o2)C1. The number of carbonyl (C=O) groups excluding carboxylic acids is 1. The Morgan fingerprint density at radius 3 is 2.69 bits per heavy atom. The van der Waals surface area contributed by atoms with Crippen molar-refractivity contribution in [1.29, 1.82) is 0 Å². The molecule has 9 heteroatoms. The van der Waals surface area contributed by atoms with E-state index in [9.17, 15) is 9.18 Å². The van der Waals surface area contributed by atoms with Crippen molar-refractivity contribution in [2.75, 3.05) is 18.4 Å². The van der Waals surface area contributed by atoms with Gasteiger partial charge in [-0.25, -0.2) is 9.18 Å². The molecule has 3 aromatic rings. The van der Waals surface area contributed by atoms with Crippen molar-refractivity contribution in [2.24, 2.45) is 0 Å². The second kappa shape index (κ2) is 8.39. The summed E-state index contributed by atoms with van der Waals surface area (Å²) in [4.78, 5) is 14.3. The van der Waals surface area contributed by atoms with Crippen LogP contribution in [0.2, 0.25) is 10.0 Å². The molecule has 6 nitrogen and oxygen atoms in total. The highest BCUT2D eigenvalue weighted by Gasteiger charge is 2.28. The van der Waals surface area contributed by atoms with Gasteiger partial charge in [-0.1, -0.05) is 23.2 Å². The molecule has 1 N–H and O–H groups in total. The quantitative estimate of drug-likeness (QED) is 0.582. The molecule has 0 bridgehead atoms. The molecule has 1 fully saturated rings. The molecule has 1 unspecified atom stereocenters. The Hall–Kier alpha value is -2.64. The predicted molar refractivity (Wildman–Crippen MR) is 109 cm³/mol. The molecule has 2 amide bonds. The lowest BCUT2D eigenvalue weighted by atomic mass is 9.98. The lowest BCUT2D eigenvalue weighted by Crippen LogP contribution is -2.41. The number of carbonyl (C=O) groups is 1. The average Bonchev–Trinajstić information content (AvgIpc) is 3.22. The van der Waals surface area contributed by atoms with E-state index in [1.807, 2.05) is 0 Å². The average molecular weight is 435 g/mol. The molecular formula is C20H17Cl2FN4O2. The number of urea groups is 1. The van der Waals surface area contributed by atoms with E-state index in [-0.39, 0.29) is 17.8 Å². The van der Waals surface area contributed by atoms with E-state index in [0.717, 1.165) is 12.8 Å². The molecule has 4 rings (SSSR count). The van der Waals surface area contributed by atoms with E-state index < -0.39 is 0 Å². The summed E-state index contributed by atoms with van der Waals surface area (Å²) in [6.07, 6.45) is 1.65. The summed E-state index contributed by atoms with van der Waals surface area (Å²) >= 11 is 11.9. The number of aromatic nitrogens is 2. The number of nitrogens with one attached hydrogen (secondary N) is 1. The lowest BCUT2D eigenvalue weighted by Gasteiger charge is -2.31. The van der Waals surface area contributed by atoms with Gasteiger partial charge in [0.2, 0.25) is 11.8 Å². The number of amides is 2. The summed E-state index contributed by atoms with van der Waals surface area (Å²) in [6.45, 7) is 1.08. The fourth-order valence-corrected chi connectivity index (χ4v) is 3.55. The largest absolute Gasteiger partial charge is 0.420 e. The van der Waals surface area contributed by atoms with Crippen molar-refractivity contribution in [3.8, 4) is 11.5 Å². The zero-order valence-electron chi connectivity index (χ0n) is 15.2. The highest BCUT2D eigenvalue weighted by atomic mass is 35.5. The van der Waals surface area contributed by atoms with Gasteiger partial charge in [0.25, 0.3) is 0 Å². The maximum Gasteiger partial charge on any atom is 0.321 e. The van der Waals surface area contributed by atoms with Crippen LogP contribution in [0.15, 0.2) is 46.9 Å². The summed E-state index contributed by atoms with van der Waals surface area (Å²) in [7, 11) is 0. The third-order valence-corrected chi connectivity index (χ3v) is 5.50. The van der Waals surface area contributed by atoms with Crippen molar-refractivity contribution in [1.82, 2.24) is 15.1 Å². The molecule has 2 aromatic carbocycles.